The van der Waals surface area contributed by atoms with Gasteiger partial charge in [0.05, 0.1) is 13.3 Å². The second-order valence-corrected chi connectivity index (χ2v) is 5.75. The Morgan fingerprint density at radius 1 is 1.20 bits per heavy atom. The Bertz CT molecular complexity index is 113. The minimum absolute atomic E-state index is 0.376. The maximum Gasteiger partial charge on any atom is 0.0629 e. The van der Waals surface area contributed by atoms with Gasteiger partial charge in [-0.15, -0.1) is 0 Å². The fraction of sp³-hybridized carbons (Fsp3) is 1.00. The molecule has 0 aromatic rings. The Labute approximate surface area is 67.7 Å². The van der Waals surface area contributed by atoms with Crippen LogP contribution >= 0.6 is 11.9 Å². The average Bonchev–Trinajstić information content (AvgIpc) is 1.57. The average molecular weight is 160 g/mol. The van der Waals surface area contributed by atoms with E-state index in [0.717, 1.165) is 13.3 Å². The fourth-order valence-corrected chi connectivity index (χ4v) is 2.23. The third kappa shape index (κ3) is 2.48. The zero-order valence-corrected chi connectivity index (χ0v) is 8.03. The van der Waals surface area contributed by atoms with Crippen LogP contribution in [-0.4, -0.2) is 34.3 Å². The summed E-state index contributed by atoms with van der Waals surface area (Å²) in [7, 11) is 2.14. The molecule has 0 atom stereocenters. The maximum atomic E-state index is 2.38. The summed E-state index contributed by atoms with van der Waals surface area (Å²) in [5.41, 5.74) is 0. The highest BCUT2D eigenvalue weighted by Gasteiger charge is 2.25. The standard InChI is InChI=1S/C7H16N2S/c1-7(2,3)10-9-5-8(4)6-9/h5-6H2,1-4H3. The molecule has 60 valence electrons. The molecule has 0 aromatic carbocycles. The summed E-state index contributed by atoms with van der Waals surface area (Å²) < 4.78 is 2.75. The van der Waals surface area contributed by atoms with Crippen LogP contribution in [0.2, 0.25) is 0 Å². The van der Waals surface area contributed by atoms with Crippen LogP contribution in [0.25, 0.3) is 0 Å². The van der Waals surface area contributed by atoms with Crippen LogP contribution in [0.1, 0.15) is 20.8 Å². The Balaban J connectivity index is 2.16. The summed E-state index contributed by atoms with van der Waals surface area (Å²) >= 11 is 1.94. The summed E-state index contributed by atoms with van der Waals surface area (Å²) in [6.45, 7) is 8.96. The van der Waals surface area contributed by atoms with Crippen molar-refractivity contribution < 1.29 is 0 Å². The summed E-state index contributed by atoms with van der Waals surface area (Å²) in [5, 5.41) is 0. The Morgan fingerprint density at radius 3 is 2.00 bits per heavy atom. The van der Waals surface area contributed by atoms with Gasteiger partial charge in [-0.3, -0.25) is 4.90 Å². The lowest BCUT2D eigenvalue weighted by molar-refractivity contribution is 0.0772. The molecule has 1 fully saturated rings. The zero-order chi connectivity index (χ0) is 7.78. The SMILES string of the molecule is CN1CN(SC(C)(C)C)C1. The Kier molecular flexibility index (Phi) is 2.28. The third-order valence-electron chi connectivity index (χ3n) is 1.20. The normalized spacial score (nSPS) is 22.8. The monoisotopic (exact) mass is 160 g/mol. The number of hydrogen-bond donors (Lipinski definition) is 0. The minimum Gasteiger partial charge on any atom is -0.279 e. The largest absolute Gasteiger partial charge is 0.279 e. The van der Waals surface area contributed by atoms with Gasteiger partial charge < -0.3 is 0 Å². The number of nitrogens with zero attached hydrogens (tertiary/aromatic N) is 2. The van der Waals surface area contributed by atoms with Crippen molar-refractivity contribution in [1.29, 1.82) is 0 Å². The van der Waals surface area contributed by atoms with E-state index in [2.05, 4.69) is 37.0 Å². The van der Waals surface area contributed by atoms with E-state index in [1.165, 1.54) is 0 Å². The molecule has 0 saturated carbocycles. The van der Waals surface area contributed by atoms with Gasteiger partial charge in [0.15, 0.2) is 0 Å². The van der Waals surface area contributed by atoms with Crippen molar-refractivity contribution in [2.45, 2.75) is 25.5 Å². The van der Waals surface area contributed by atoms with Crippen LogP contribution in [0, 0.1) is 0 Å². The van der Waals surface area contributed by atoms with Crippen molar-refractivity contribution in [1.82, 2.24) is 9.21 Å². The molecule has 0 N–H and O–H groups in total. The van der Waals surface area contributed by atoms with Crippen LogP contribution in [-0.2, 0) is 0 Å². The zero-order valence-electron chi connectivity index (χ0n) is 7.22. The van der Waals surface area contributed by atoms with Crippen LogP contribution in [0.5, 0.6) is 0 Å². The lowest BCUT2D eigenvalue weighted by Crippen LogP contribution is -2.50. The van der Waals surface area contributed by atoms with Gasteiger partial charge >= 0.3 is 0 Å². The van der Waals surface area contributed by atoms with Crippen molar-refractivity contribution >= 4 is 11.9 Å². The van der Waals surface area contributed by atoms with Crippen LogP contribution in [0.4, 0.5) is 0 Å². The van der Waals surface area contributed by atoms with E-state index in [-0.39, 0.29) is 0 Å². The topological polar surface area (TPSA) is 6.48 Å². The highest BCUT2D eigenvalue weighted by molar-refractivity contribution is 7.98. The molecular weight excluding hydrogens is 144 g/mol. The summed E-state index contributed by atoms with van der Waals surface area (Å²) in [5.74, 6) is 0. The predicted octanol–water partition coefficient (Wildman–Crippen LogP) is 1.60. The molecule has 2 nitrogen and oxygen atoms in total. The van der Waals surface area contributed by atoms with E-state index in [0.29, 0.717) is 4.75 Å². The van der Waals surface area contributed by atoms with E-state index < -0.39 is 0 Å². The lowest BCUT2D eigenvalue weighted by atomic mass is 10.3. The van der Waals surface area contributed by atoms with Crippen LogP contribution in [0.3, 0.4) is 0 Å². The van der Waals surface area contributed by atoms with Crippen molar-refractivity contribution in [2.75, 3.05) is 20.4 Å². The molecule has 0 spiro atoms. The first kappa shape index (κ1) is 8.37. The Hall–Kier alpha value is 0.270. The first-order chi connectivity index (χ1) is 4.47. The van der Waals surface area contributed by atoms with Crippen molar-refractivity contribution in [3.63, 3.8) is 0 Å². The van der Waals surface area contributed by atoms with Gasteiger partial charge in [0.1, 0.15) is 0 Å². The minimum atomic E-state index is 0.376. The predicted molar refractivity (Wildman–Crippen MR) is 46.7 cm³/mol. The summed E-state index contributed by atoms with van der Waals surface area (Å²) in [4.78, 5) is 2.29. The molecule has 0 bridgehead atoms. The van der Waals surface area contributed by atoms with Gasteiger partial charge in [-0.1, -0.05) is 11.9 Å². The van der Waals surface area contributed by atoms with Gasteiger partial charge in [0.2, 0.25) is 0 Å². The van der Waals surface area contributed by atoms with Crippen molar-refractivity contribution in [2.24, 2.45) is 0 Å². The molecule has 0 aromatic heterocycles. The molecule has 10 heavy (non-hydrogen) atoms. The first-order valence-corrected chi connectivity index (χ1v) is 4.37. The van der Waals surface area contributed by atoms with Crippen LogP contribution in [0.15, 0.2) is 0 Å². The molecule has 1 aliphatic heterocycles. The molecule has 0 aliphatic carbocycles. The summed E-state index contributed by atoms with van der Waals surface area (Å²) in [6.07, 6.45) is 0. The smallest absolute Gasteiger partial charge is 0.0629 e. The third-order valence-corrected chi connectivity index (χ3v) is 2.24. The highest BCUT2D eigenvalue weighted by atomic mass is 32.2. The molecule has 0 unspecified atom stereocenters. The molecule has 0 amide bonds. The van der Waals surface area contributed by atoms with Crippen molar-refractivity contribution in [3.05, 3.63) is 0 Å². The molecule has 3 heteroatoms. The fourth-order valence-electron chi connectivity index (χ4n) is 0.942. The highest BCUT2D eigenvalue weighted by Crippen LogP contribution is 2.30. The lowest BCUT2D eigenvalue weighted by Gasteiger charge is -2.41. The molecule has 1 heterocycles. The van der Waals surface area contributed by atoms with Crippen LogP contribution < -0.4 is 0 Å². The number of hydrogen-bond acceptors (Lipinski definition) is 3. The molecule has 1 rings (SSSR count). The maximum absolute atomic E-state index is 2.38. The second-order valence-electron chi connectivity index (χ2n) is 3.82. The van der Waals surface area contributed by atoms with E-state index in [1.54, 1.807) is 0 Å². The first-order valence-electron chi connectivity index (χ1n) is 3.60. The van der Waals surface area contributed by atoms with Gasteiger partial charge in [-0.25, -0.2) is 4.31 Å². The second kappa shape index (κ2) is 2.72. The van der Waals surface area contributed by atoms with E-state index in [9.17, 15) is 0 Å². The van der Waals surface area contributed by atoms with E-state index >= 15 is 0 Å². The summed E-state index contributed by atoms with van der Waals surface area (Å²) in [6, 6.07) is 0. The molecule has 1 saturated heterocycles. The van der Waals surface area contributed by atoms with Gasteiger partial charge in [-0.2, -0.15) is 0 Å². The van der Waals surface area contributed by atoms with E-state index in [1.807, 2.05) is 11.9 Å². The Morgan fingerprint density at radius 2 is 1.70 bits per heavy atom. The van der Waals surface area contributed by atoms with E-state index in [4.69, 9.17) is 0 Å². The van der Waals surface area contributed by atoms with Crippen molar-refractivity contribution in [3.8, 4) is 0 Å². The van der Waals surface area contributed by atoms with Gasteiger partial charge in [0.25, 0.3) is 0 Å². The molecular formula is C7H16N2S. The van der Waals surface area contributed by atoms with Gasteiger partial charge in [0, 0.05) is 4.75 Å². The number of rotatable bonds is 1. The molecule has 0 radical (unpaired) electrons. The molecule has 1 aliphatic rings. The van der Waals surface area contributed by atoms with Gasteiger partial charge in [-0.05, 0) is 27.8 Å². The quantitative estimate of drug-likeness (QED) is 0.538.